The Bertz CT molecular complexity index is 1120. The van der Waals surface area contributed by atoms with E-state index in [1.165, 1.54) is 12.1 Å². The van der Waals surface area contributed by atoms with Crippen LogP contribution in [0.4, 0.5) is 13.2 Å². The minimum atomic E-state index is -4.66. The summed E-state index contributed by atoms with van der Waals surface area (Å²) in [5, 5.41) is -0.205. The summed E-state index contributed by atoms with van der Waals surface area (Å²) in [7, 11) is 1.16. The second-order valence-corrected chi connectivity index (χ2v) is 6.65. The van der Waals surface area contributed by atoms with Crippen molar-refractivity contribution in [2.75, 3.05) is 7.11 Å². The second-order valence-electron chi connectivity index (χ2n) is 6.65. The van der Waals surface area contributed by atoms with Crippen molar-refractivity contribution in [3.8, 4) is 11.6 Å². The number of pyridine rings is 1. The Morgan fingerprint density at radius 3 is 2.69 bits per heavy atom. The van der Waals surface area contributed by atoms with Gasteiger partial charge in [0.1, 0.15) is 5.75 Å². The van der Waals surface area contributed by atoms with E-state index in [0.29, 0.717) is 12.4 Å². The maximum absolute atomic E-state index is 13.7. The summed E-state index contributed by atoms with van der Waals surface area (Å²) < 4.78 is 56.7. The second kappa shape index (κ2) is 7.07. The van der Waals surface area contributed by atoms with Crippen molar-refractivity contribution < 1.29 is 32.1 Å². The quantitative estimate of drug-likeness (QED) is 0.487. The summed E-state index contributed by atoms with van der Waals surface area (Å²) in [6, 6.07) is 9.88. The van der Waals surface area contributed by atoms with Gasteiger partial charge in [-0.2, -0.15) is 13.2 Å². The highest BCUT2D eigenvalue weighted by molar-refractivity contribution is 6.67. The van der Waals surface area contributed by atoms with Crippen molar-refractivity contribution in [2.45, 2.75) is 19.6 Å². The van der Waals surface area contributed by atoms with Crippen molar-refractivity contribution in [1.29, 1.82) is 0 Å². The molecule has 0 N–H and O–H groups in total. The summed E-state index contributed by atoms with van der Waals surface area (Å²) in [6.07, 6.45) is -4.66. The van der Waals surface area contributed by atoms with E-state index in [1.807, 2.05) is 12.9 Å². The van der Waals surface area contributed by atoms with Crippen LogP contribution >= 0.6 is 0 Å². The van der Waals surface area contributed by atoms with Crippen LogP contribution in [0.25, 0.3) is 10.9 Å². The van der Waals surface area contributed by atoms with Crippen LogP contribution in [0.3, 0.4) is 0 Å². The van der Waals surface area contributed by atoms with E-state index in [1.54, 1.807) is 12.1 Å². The maximum atomic E-state index is 13.7. The fraction of sp³-hybridized carbons (Fsp3) is 0.200. The van der Waals surface area contributed by atoms with Crippen molar-refractivity contribution in [3.05, 3.63) is 59.2 Å². The van der Waals surface area contributed by atoms with Crippen LogP contribution in [-0.4, -0.2) is 25.0 Å². The van der Waals surface area contributed by atoms with Gasteiger partial charge in [0.25, 0.3) is 0 Å². The number of rotatable bonds is 3. The van der Waals surface area contributed by atoms with Crippen molar-refractivity contribution in [2.24, 2.45) is 0 Å². The molecule has 1 aliphatic rings. The number of methoxy groups -OCH3 is 1. The third kappa shape index (κ3) is 3.65. The Balaban J connectivity index is 1.77. The monoisotopic (exact) mass is 401 g/mol. The minimum absolute atomic E-state index is 0.00807. The highest BCUT2D eigenvalue weighted by Crippen LogP contribution is 2.37. The van der Waals surface area contributed by atoms with Crippen LogP contribution in [0.1, 0.15) is 21.5 Å². The zero-order valence-electron chi connectivity index (χ0n) is 15.5. The van der Waals surface area contributed by atoms with Crippen molar-refractivity contribution >= 4 is 29.3 Å². The summed E-state index contributed by atoms with van der Waals surface area (Å²) in [6.45, 7) is 2.32. The number of halogens is 3. The number of hydrogen-bond donors (Lipinski definition) is 0. The smallest absolute Gasteiger partial charge is 0.417 e. The minimum Gasteiger partial charge on any atom is -0.465 e. The summed E-state index contributed by atoms with van der Waals surface area (Å²) in [4.78, 5) is 15.9. The van der Waals surface area contributed by atoms with E-state index >= 15 is 0 Å². The van der Waals surface area contributed by atoms with E-state index in [2.05, 4.69) is 9.72 Å². The number of alkyl halides is 3. The van der Waals surface area contributed by atoms with Gasteiger partial charge in [-0.3, -0.25) is 0 Å². The SMILES string of the molecule is COC(=O)c1ccc2nc(Oc3ccc4c(c3)COB4C)cc(C(F)(F)F)c2c1. The average molecular weight is 401 g/mol. The van der Waals surface area contributed by atoms with Gasteiger partial charge in [-0.05, 0) is 41.4 Å². The topological polar surface area (TPSA) is 57.7 Å². The molecule has 0 amide bonds. The molecule has 0 bridgehead atoms. The molecule has 2 aromatic carbocycles. The molecule has 0 radical (unpaired) electrons. The van der Waals surface area contributed by atoms with Crippen molar-refractivity contribution in [1.82, 2.24) is 4.98 Å². The van der Waals surface area contributed by atoms with Crippen LogP contribution in [0, 0.1) is 0 Å². The molecule has 0 spiro atoms. The number of ether oxygens (including phenoxy) is 2. The molecule has 0 saturated heterocycles. The Morgan fingerprint density at radius 1 is 1.17 bits per heavy atom. The number of benzene rings is 2. The number of carbonyl (C=O) groups is 1. The van der Waals surface area contributed by atoms with Gasteiger partial charge in [0, 0.05) is 11.5 Å². The predicted octanol–water partition coefficient (Wildman–Crippen LogP) is 4.19. The summed E-state index contributed by atoms with van der Waals surface area (Å²) >= 11 is 0. The largest absolute Gasteiger partial charge is 0.465 e. The third-order valence-electron chi connectivity index (χ3n) is 4.78. The van der Waals surface area contributed by atoms with Gasteiger partial charge in [-0.1, -0.05) is 12.9 Å². The molecule has 3 aromatic rings. The van der Waals surface area contributed by atoms with Crippen molar-refractivity contribution in [3.63, 3.8) is 0 Å². The molecule has 0 saturated carbocycles. The molecule has 0 aliphatic carbocycles. The zero-order valence-corrected chi connectivity index (χ0v) is 15.5. The van der Waals surface area contributed by atoms with Gasteiger partial charge in [0.15, 0.2) is 0 Å². The first-order chi connectivity index (χ1) is 13.8. The first-order valence-corrected chi connectivity index (χ1v) is 8.79. The zero-order chi connectivity index (χ0) is 20.8. The molecule has 1 aliphatic heterocycles. The molecular weight excluding hydrogens is 386 g/mol. The molecule has 2 heterocycles. The molecule has 0 fully saturated rings. The van der Waals surface area contributed by atoms with Gasteiger partial charge in [0.05, 0.1) is 30.4 Å². The van der Waals surface area contributed by atoms with Crippen LogP contribution in [0.2, 0.25) is 6.82 Å². The van der Waals surface area contributed by atoms with Gasteiger partial charge < -0.3 is 14.1 Å². The molecule has 1 aromatic heterocycles. The molecule has 29 heavy (non-hydrogen) atoms. The van der Waals surface area contributed by atoms with E-state index in [0.717, 1.165) is 30.3 Å². The normalized spacial score (nSPS) is 13.5. The number of esters is 1. The Kier molecular flexibility index (Phi) is 4.70. The molecule has 5 nitrogen and oxygen atoms in total. The van der Waals surface area contributed by atoms with E-state index in [9.17, 15) is 18.0 Å². The fourth-order valence-electron chi connectivity index (χ4n) is 3.33. The average Bonchev–Trinajstić information content (AvgIpc) is 3.06. The van der Waals surface area contributed by atoms with Crippen LogP contribution in [-0.2, 0) is 22.2 Å². The third-order valence-corrected chi connectivity index (χ3v) is 4.78. The van der Waals surface area contributed by atoms with Gasteiger partial charge in [-0.15, -0.1) is 0 Å². The summed E-state index contributed by atoms with van der Waals surface area (Å²) in [5.41, 5.74) is 1.07. The standard InChI is InChI=1S/C20H15BF3NO4/c1-21-16-5-4-13(7-12(16)10-28-21)29-18-9-15(20(22,23)24)14-8-11(19(26)27-2)3-6-17(14)25-18/h3-9H,10H2,1-2H3. The lowest BCUT2D eigenvalue weighted by Crippen LogP contribution is -2.23. The first kappa shape index (κ1) is 19.3. The van der Waals surface area contributed by atoms with Crippen LogP contribution < -0.4 is 10.2 Å². The lowest BCUT2D eigenvalue weighted by atomic mass is 9.64. The summed E-state index contributed by atoms with van der Waals surface area (Å²) in [5.74, 6) is -0.551. The molecule has 9 heteroatoms. The predicted molar refractivity (Wildman–Crippen MR) is 101 cm³/mol. The lowest BCUT2D eigenvalue weighted by molar-refractivity contribution is -0.136. The molecule has 0 unspecified atom stereocenters. The maximum Gasteiger partial charge on any atom is 0.417 e. The van der Waals surface area contributed by atoms with Gasteiger partial charge in [0.2, 0.25) is 5.88 Å². The Morgan fingerprint density at radius 2 is 1.97 bits per heavy atom. The highest BCUT2D eigenvalue weighted by atomic mass is 19.4. The Hall–Kier alpha value is -3.07. The van der Waals surface area contributed by atoms with E-state index in [-0.39, 0.29) is 29.3 Å². The van der Waals surface area contributed by atoms with Gasteiger partial charge in [-0.25, -0.2) is 9.78 Å². The number of fused-ring (bicyclic) bond motifs is 2. The number of hydrogen-bond acceptors (Lipinski definition) is 5. The fourth-order valence-corrected chi connectivity index (χ4v) is 3.33. The van der Waals surface area contributed by atoms with Crippen LogP contribution in [0.5, 0.6) is 11.6 Å². The van der Waals surface area contributed by atoms with E-state index in [4.69, 9.17) is 9.39 Å². The lowest BCUT2D eigenvalue weighted by Gasteiger charge is -2.14. The molecule has 4 rings (SSSR count). The van der Waals surface area contributed by atoms with Gasteiger partial charge >= 0.3 is 19.1 Å². The molecular formula is C20H15BF3NO4. The number of nitrogens with zero attached hydrogens (tertiary/aromatic N) is 1. The van der Waals surface area contributed by atoms with E-state index < -0.39 is 17.7 Å². The molecule has 0 atom stereocenters. The highest BCUT2D eigenvalue weighted by Gasteiger charge is 2.34. The number of carbonyl (C=O) groups excluding carboxylic acids is 1. The first-order valence-electron chi connectivity index (χ1n) is 8.79. The van der Waals surface area contributed by atoms with Crippen LogP contribution in [0.15, 0.2) is 42.5 Å². The Labute approximate surface area is 164 Å². The molecule has 148 valence electrons. The number of aromatic nitrogens is 1.